The summed E-state index contributed by atoms with van der Waals surface area (Å²) < 4.78 is 7.09. The number of hydrogen-bond acceptors (Lipinski definition) is 2. The SMILES string of the molecule is CC(C)CCOc1cccc(C2NCCc3c2[nH]c2ccc(Br)cc32)c1. The quantitative estimate of drug-likeness (QED) is 0.572. The molecule has 0 bridgehead atoms. The van der Waals surface area contributed by atoms with Crippen LogP contribution >= 0.6 is 15.9 Å². The van der Waals surface area contributed by atoms with Gasteiger partial charge in [-0.15, -0.1) is 0 Å². The molecule has 26 heavy (non-hydrogen) atoms. The Morgan fingerprint density at radius 3 is 2.92 bits per heavy atom. The third-order valence-corrected chi connectivity index (χ3v) is 5.56. The van der Waals surface area contributed by atoms with Crippen molar-refractivity contribution in [3.63, 3.8) is 0 Å². The molecule has 4 heteroatoms. The first-order valence-electron chi connectivity index (χ1n) is 9.38. The largest absolute Gasteiger partial charge is 0.494 e. The Hall–Kier alpha value is -1.78. The average molecular weight is 413 g/mol. The Bertz CT molecular complexity index is 916. The first-order valence-corrected chi connectivity index (χ1v) is 10.2. The second-order valence-corrected chi connectivity index (χ2v) is 8.36. The minimum Gasteiger partial charge on any atom is -0.494 e. The van der Waals surface area contributed by atoms with Gasteiger partial charge in [-0.25, -0.2) is 0 Å². The number of nitrogens with one attached hydrogen (secondary N) is 2. The van der Waals surface area contributed by atoms with E-state index in [2.05, 4.69) is 82.5 Å². The summed E-state index contributed by atoms with van der Waals surface area (Å²) in [5.74, 6) is 1.61. The number of ether oxygens (including phenoxy) is 1. The highest BCUT2D eigenvalue weighted by Crippen LogP contribution is 2.35. The summed E-state index contributed by atoms with van der Waals surface area (Å²) in [4.78, 5) is 3.65. The Labute approximate surface area is 163 Å². The van der Waals surface area contributed by atoms with E-state index < -0.39 is 0 Å². The fourth-order valence-electron chi connectivity index (χ4n) is 3.68. The lowest BCUT2D eigenvalue weighted by Crippen LogP contribution is -2.30. The maximum absolute atomic E-state index is 5.97. The highest BCUT2D eigenvalue weighted by atomic mass is 79.9. The Balaban J connectivity index is 1.64. The Kier molecular flexibility index (Phi) is 5.05. The monoisotopic (exact) mass is 412 g/mol. The van der Waals surface area contributed by atoms with Crippen molar-refractivity contribution in [1.82, 2.24) is 10.3 Å². The lowest BCUT2D eigenvalue weighted by Gasteiger charge is -2.25. The Morgan fingerprint density at radius 1 is 1.19 bits per heavy atom. The van der Waals surface area contributed by atoms with Gasteiger partial charge >= 0.3 is 0 Å². The summed E-state index contributed by atoms with van der Waals surface area (Å²) in [6.45, 7) is 6.20. The van der Waals surface area contributed by atoms with Gasteiger partial charge in [-0.1, -0.05) is 41.9 Å². The van der Waals surface area contributed by atoms with E-state index in [-0.39, 0.29) is 6.04 Å². The normalized spacial score (nSPS) is 16.8. The summed E-state index contributed by atoms with van der Waals surface area (Å²) in [6.07, 6.45) is 2.12. The zero-order chi connectivity index (χ0) is 18.1. The number of H-pyrrole nitrogens is 1. The number of hydrogen-bond donors (Lipinski definition) is 2. The van der Waals surface area contributed by atoms with Crippen molar-refractivity contribution in [3.8, 4) is 5.75 Å². The van der Waals surface area contributed by atoms with Crippen LogP contribution in [-0.4, -0.2) is 18.1 Å². The predicted molar refractivity (Wildman–Crippen MR) is 111 cm³/mol. The number of aromatic amines is 1. The van der Waals surface area contributed by atoms with Gasteiger partial charge in [0, 0.05) is 27.6 Å². The molecule has 2 heterocycles. The average Bonchev–Trinajstić information content (AvgIpc) is 2.99. The standard InChI is InChI=1S/C22H25BrN2O/c1-14(2)9-11-26-17-5-3-4-15(12-17)21-22-18(8-10-24-21)19-13-16(23)6-7-20(19)25-22/h3-7,12-14,21,24-25H,8-11H2,1-2H3. The van der Waals surface area contributed by atoms with Gasteiger partial charge in [-0.05, 0) is 60.2 Å². The van der Waals surface area contributed by atoms with E-state index in [0.717, 1.165) is 36.2 Å². The fourth-order valence-corrected chi connectivity index (χ4v) is 4.04. The van der Waals surface area contributed by atoms with Crippen LogP contribution in [0.2, 0.25) is 0 Å². The molecule has 3 nitrogen and oxygen atoms in total. The van der Waals surface area contributed by atoms with Crippen molar-refractivity contribution in [3.05, 3.63) is 63.8 Å². The van der Waals surface area contributed by atoms with Crippen molar-refractivity contribution in [2.75, 3.05) is 13.2 Å². The first-order chi connectivity index (χ1) is 12.6. The predicted octanol–water partition coefficient (Wildman–Crippen LogP) is 5.59. The number of benzene rings is 2. The molecule has 0 saturated heterocycles. The van der Waals surface area contributed by atoms with Gasteiger partial charge in [0.15, 0.2) is 0 Å². The molecule has 136 valence electrons. The maximum Gasteiger partial charge on any atom is 0.119 e. The summed E-state index contributed by atoms with van der Waals surface area (Å²) in [5, 5.41) is 4.99. The third-order valence-electron chi connectivity index (χ3n) is 5.07. The summed E-state index contributed by atoms with van der Waals surface area (Å²) in [6, 6.07) is 15.1. The molecule has 1 unspecified atom stereocenters. The molecule has 0 aliphatic carbocycles. The van der Waals surface area contributed by atoms with Crippen molar-refractivity contribution < 1.29 is 4.74 Å². The van der Waals surface area contributed by atoms with Crippen molar-refractivity contribution in [1.29, 1.82) is 0 Å². The minimum absolute atomic E-state index is 0.179. The van der Waals surface area contributed by atoms with E-state index in [0.29, 0.717) is 5.92 Å². The topological polar surface area (TPSA) is 37.0 Å². The number of rotatable bonds is 5. The zero-order valence-corrected chi connectivity index (χ0v) is 16.9. The minimum atomic E-state index is 0.179. The van der Waals surface area contributed by atoms with E-state index in [4.69, 9.17) is 4.74 Å². The maximum atomic E-state index is 5.97. The van der Waals surface area contributed by atoms with Crippen molar-refractivity contribution in [2.24, 2.45) is 5.92 Å². The van der Waals surface area contributed by atoms with E-state index in [9.17, 15) is 0 Å². The molecule has 2 N–H and O–H groups in total. The van der Waals surface area contributed by atoms with Gasteiger partial charge in [0.1, 0.15) is 5.75 Å². The van der Waals surface area contributed by atoms with Crippen molar-refractivity contribution in [2.45, 2.75) is 32.7 Å². The summed E-state index contributed by atoms with van der Waals surface area (Å²) in [7, 11) is 0. The van der Waals surface area contributed by atoms with Gasteiger partial charge in [0.2, 0.25) is 0 Å². The molecule has 1 aliphatic heterocycles. The first kappa shape index (κ1) is 17.6. The van der Waals surface area contributed by atoms with Crippen LogP contribution in [0.25, 0.3) is 10.9 Å². The molecule has 0 spiro atoms. The lowest BCUT2D eigenvalue weighted by molar-refractivity contribution is 0.289. The molecule has 3 aromatic rings. The molecule has 2 aromatic carbocycles. The van der Waals surface area contributed by atoms with Crippen LogP contribution in [-0.2, 0) is 6.42 Å². The zero-order valence-electron chi connectivity index (χ0n) is 15.3. The molecular weight excluding hydrogens is 388 g/mol. The van der Waals surface area contributed by atoms with Crippen molar-refractivity contribution >= 4 is 26.8 Å². The van der Waals surface area contributed by atoms with Gasteiger partial charge in [-0.2, -0.15) is 0 Å². The van der Waals surface area contributed by atoms with Crippen LogP contribution in [0.3, 0.4) is 0 Å². The molecule has 0 amide bonds. The van der Waals surface area contributed by atoms with Gasteiger partial charge < -0.3 is 15.0 Å². The van der Waals surface area contributed by atoms with Crippen LogP contribution in [0, 0.1) is 5.92 Å². The van der Waals surface area contributed by atoms with Crippen LogP contribution < -0.4 is 10.1 Å². The van der Waals surface area contributed by atoms with Gasteiger partial charge in [0.05, 0.1) is 12.6 Å². The second-order valence-electron chi connectivity index (χ2n) is 7.45. The van der Waals surface area contributed by atoms with E-state index >= 15 is 0 Å². The highest BCUT2D eigenvalue weighted by Gasteiger charge is 2.25. The number of aromatic nitrogens is 1. The highest BCUT2D eigenvalue weighted by molar-refractivity contribution is 9.10. The summed E-state index contributed by atoms with van der Waals surface area (Å²) in [5.41, 5.74) is 5.16. The number of halogens is 1. The smallest absolute Gasteiger partial charge is 0.119 e. The van der Waals surface area contributed by atoms with E-state index in [1.807, 2.05) is 0 Å². The molecule has 0 radical (unpaired) electrons. The van der Waals surface area contributed by atoms with E-state index in [1.165, 1.54) is 27.7 Å². The molecular formula is C22H25BrN2O. The van der Waals surface area contributed by atoms with Crippen LogP contribution in [0.5, 0.6) is 5.75 Å². The molecule has 0 saturated carbocycles. The van der Waals surface area contributed by atoms with Crippen LogP contribution in [0.1, 0.15) is 43.1 Å². The molecule has 1 atom stereocenters. The van der Waals surface area contributed by atoms with Crippen LogP contribution in [0.4, 0.5) is 0 Å². The molecule has 1 aromatic heterocycles. The van der Waals surface area contributed by atoms with E-state index in [1.54, 1.807) is 0 Å². The van der Waals surface area contributed by atoms with Gasteiger partial charge in [0.25, 0.3) is 0 Å². The second kappa shape index (κ2) is 7.45. The molecule has 4 rings (SSSR count). The third kappa shape index (κ3) is 3.53. The Morgan fingerprint density at radius 2 is 2.08 bits per heavy atom. The summed E-state index contributed by atoms with van der Waals surface area (Å²) >= 11 is 3.60. The number of fused-ring (bicyclic) bond motifs is 3. The molecule has 1 aliphatic rings. The fraction of sp³-hybridized carbons (Fsp3) is 0.364. The lowest BCUT2D eigenvalue weighted by atomic mass is 9.94. The molecule has 0 fully saturated rings. The van der Waals surface area contributed by atoms with Gasteiger partial charge in [-0.3, -0.25) is 0 Å². The van der Waals surface area contributed by atoms with Crippen LogP contribution in [0.15, 0.2) is 46.9 Å².